The Balaban J connectivity index is 1.33. The summed E-state index contributed by atoms with van der Waals surface area (Å²) in [5.41, 5.74) is 5.34. The van der Waals surface area contributed by atoms with Gasteiger partial charge in [0.2, 0.25) is 11.7 Å². The number of amides is 2. The smallest absolute Gasteiger partial charge is 0.390 e. The topological polar surface area (TPSA) is 191 Å². The van der Waals surface area contributed by atoms with Crippen molar-refractivity contribution < 1.29 is 34.1 Å². The maximum absolute atomic E-state index is 13.0. The molecule has 3 fully saturated rings. The van der Waals surface area contributed by atoms with E-state index in [1.54, 1.807) is 10.8 Å². The standard InChI is InChI=1S/C21H23N7O6S2/c22-21-24-16(26-36-21)14(25-34)13(29)5-12-18(31)28-15(20(32)33)10(8-35-19(12)28)7-27-4-2-11(17(27)30)9-1-3-23-6-9/h7,9,11-12,19,23H,1-6,8H2,(H3-,22,24,26,29,32,33,34)/p+1/t9?,11-,12-,19-/m1/s1. The van der Waals surface area contributed by atoms with Crippen LogP contribution in [0.1, 0.15) is 25.1 Å². The number of nitrogens with zero attached hydrogens (tertiary/aromatic N) is 5. The summed E-state index contributed by atoms with van der Waals surface area (Å²) >= 11 is 2.16. The van der Waals surface area contributed by atoms with Gasteiger partial charge in [0.1, 0.15) is 5.70 Å². The number of β-lactam (4-membered cyclic amide) rings is 1. The van der Waals surface area contributed by atoms with Crippen LogP contribution < -0.4 is 11.1 Å². The van der Waals surface area contributed by atoms with E-state index in [2.05, 4.69) is 19.8 Å². The molecular weight excluding hydrogens is 510 g/mol. The number of nitrogen functional groups attached to an aromatic ring is 1. The Morgan fingerprint density at radius 1 is 1.33 bits per heavy atom. The molecule has 4 aliphatic heterocycles. The van der Waals surface area contributed by atoms with Crippen LogP contribution in [0.4, 0.5) is 5.13 Å². The van der Waals surface area contributed by atoms with Gasteiger partial charge in [-0.3, -0.25) is 14.5 Å². The third-order valence-corrected chi connectivity index (χ3v) is 8.90. The summed E-state index contributed by atoms with van der Waals surface area (Å²) in [5, 5.41) is 25.0. The number of carbonyl (C=O) groups is 4. The first kappa shape index (κ1) is 24.5. The number of carboxylic acid groups (broad SMARTS) is 1. The molecule has 36 heavy (non-hydrogen) atoms. The minimum Gasteiger partial charge on any atom is -0.477 e. The van der Waals surface area contributed by atoms with Gasteiger partial charge in [0.25, 0.3) is 0 Å². The van der Waals surface area contributed by atoms with Crippen molar-refractivity contribution in [2.45, 2.75) is 24.6 Å². The fourth-order valence-electron chi connectivity index (χ4n) is 5.23. The first-order valence-electron chi connectivity index (χ1n) is 11.4. The van der Waals surface area contributed by atoms with E-state index in [4.69, 9.17) is 5.73 Å². The number of oxime groups is 1. The molecule has 5 heterocycles. The number of aliphatic carboxylic acids is 1. The van der Waals surface area contributed by atoms with E-state index in [1.165, 1.54) is 16.7 Å². The highest BCUT2D eigenvalue weighted by atomic mass is 32.2. The van der Waals surface area contributed by atoms with Crippen LogP contribution in [0.2, 0.25) is 0 Å². The number of fused-ring (bicyclic) bond motifs is 1. The molecule has 0 spiro atoms. The zero-order chi connectivity index (χ0) is 25.6. The van der Waals surface area contributed by atoms with E-state index >= 15 is 0 Å². The Morgan fingerprint density at radius 3 is 2.78 bits per heavy atom. The van der Waals surface area contributed by atoms with Gasteiger partial charge in [-0.1, -0.05) is 5.16 Å². The molecule has 13 nitrogen and oxygen atoms in total. The maximum Gasteiger partial charge on any atom is 0.390 e. The Hall–Kier alpha value is -3.17. The SMILES string of the molecule is Nc1nc(/C(=N/O)C(=O)C[C@@H]2C(=O)N3C(C(=O)O)=C(C=[N+]4CC[C@H](C5CCNC5)C4=O)CS[C@H]23)ns1. The number of ketones is 1. The fourth-order valence-corrected chi connectivity index (χ4v) is 7.03. The highest BCUT2D eigenvalue weighted by molar-refractivity contribution is 8.00. The Kier molecular flexibility index (Phi) is 6.61. The Bertz CT molecular complexity index is 1230. The van der Waals surface area contributed by atoms with Crippen LogP contribution in [0.3, 0.4) is 0 Å². The number of nitrogens with one attached hydrogen (secondary N) is 1. The van der Waals surface area contributed by atoms with Crippen molar-refractivity contribution in [1.29, 1.82) is 0 Å². The van der Waals surface area contributed by atoms with Gasteiger partial charge in [0, 0.05) is 30.1 Å². The highest BCUT2D eigenvalue weighted by Crippen LogP contribution is 2.45. The molecule has 190 valence electrons. The van der Waals surface area contributed by atoms with Crippen LogP contribution in [0.5, 0.6) is 0 Å². The van der Waals surface area contributed by atoms with Gasteiger partial charge >= 0.3 is 11.9 Å². The van der Waals surface area contributed by atoms with Crippen molar-refractivity contribution in [2.75, 3.05) is 31.1 Å². The number of aromatic nitrogens is 2. The largest absolute Gasteiger partial charge is 0.477 e. The third-order valence-electron chi connectivity index (χ3n) is 6.99. The van der Waals surface area contributed by atoms with Crippen LogP contribution in [0.25, 0.3) is 0 Å². The Labute approximate surface area is 213 Å². The van der Waals surface area contributed by atoms with Gasteiger partial charge in [-0.25, -0.2) is 9.59 Å². The lowest BCUT2D eigenvalue weighted by atomic mass is 9.89. The number of hydrogen-bond acceptors (Lipinski definition) is 12. The van der Waals surface area contributed by atoms with Gasteiger partial charge in [-0.05, 0) is 25.4 Å². The molecule has 4 atom stereocenters. The van der Waals surface area contributed by atoms with Gasteiger partial charge in [-0.2, -0.15) is 13.9 Å². The van der Waals surface area contributed by atoms with Crippen molar-refractivity contribution in [1.82, 2.24) is 19.6 Å². The summed E-state index contributed by atoms with van der Waals surface area (Å²) in [5.74, 6) is -2.91. The minimum absolute atomic E-state index is 0.0152. The predicted molar refractivity (Wildman–Crippen MR) is 129 cm³/mol. The average Bonchev–Trinajstić information content (AvgIpc) is 3.60. The lowest BCUT2D eigenvalue weighted by molar-refractivity contribution is -0.429. The number of hydrogen-bond donors (Lipinski definition) is 4. The fraction of sp³-hybridized carbons (Fsp3) is 0.524. The number of carboxylic acids is 1. The molecular formula is C21H24N7O6S2+. The van der Waals surface area contributed by atoms with E-state index < -0.39 is 34.7 Å². The van der Waals surface area contributed by atoms with Crippen LogP contribution in [0, 0.1) is 17.8 Å². The predicted octanol–water partition coefficient (Wildman–Crippen LogP) is -0.633. The van der Waals surface area contributed by atoms with Crippen molar-refractivity contribution >= 4 is 63.9 Å². The summed E-state index contributed by atoms with van der Waals surface area (Å²) in [4.78, 5) is 55.8. The quantitative estimate of drug-likeness (QED) is 0.114. The van der Waals surface area contributed by atoms with Crippen LogP contribution in [-0.4, -0.2) is 95.4 Å². The molecule has 2 amide bonds. The molecule has 15 heteroatoms. The molecule has 3 saturated heterocycles. The van der Waals surface area contributed by atoms with Gasteiger partial charge in [0.15, 0.2) is 29.4 Å². The lowest BCUT2D eigenvalue weighted by Gasteiger charge is -2.48. The second-order valence-corrected chi connectivity index (χ2v) is 10.9. The van der Waals surface area contributed by atoms with Gasteiger partial charge in [0.05, 0.1) is 22.8 Å². The highest BCUT2D eigenvalue weighted by Gasteiger charge is 2.55. The molecule has 0 radical (unpaired) electrons. The second kappa shape index (κ2) is 9.71. The number of anilines is 1. The zero-order valence-corrected chi connectivity index (χ0v) is 20.6. The molecule has 1 aromatic heterocycles. The summed E-state index contributed by atoms with van der Waals surface area (Å²) < 4.78 is 5.43. The summed E-state index contributed by atoms with van der Waals surface area (Å²) in [6, 6.07) is 0. The zero-order valence-electron chi connectivity index (χ0n) is 19.0. The molecule has 0 aromatic carbocycles. The monoisotopic (exact) mass is 534 g/mol. The summed E-state index contributed by atoms with van der Waals surface area (Å²) in [6.45, 7) is 2.21. The van der Waals surface area contributed by atoms with Crippen molar-refractivity contribution in [3.63, 3.8) is 0 Å². The molecule has 4 aliphatic rings. The average molecular weight is 535 g/mol. The number of Topliss-reactive ketones (excluding diaryl/α,β-unsaturated/α-hetero) is 1. The van der Waals surface area contributed by atoms with Gasteiger partial charge < -0.3 is 21.4 Å². The summed E-state index contributed by atoms with van der Waals surface area (Å²) in [6.07, 6.45) is 2.94. The molecule has 5 N–H and O–H groups in total. The van der Waals surface area contributed by atoms with E-state index in [9.17, 15) is 29.5 Å². The number of thioether (sulfide) groups is 1. The third kappa shape index (κ3) is 4.20. The Morgan fingerprint density at radius 2 is 2.14 bits per heavy atom. The molecule has 0 aliphatic carbocycles. The molecule has 1 aromatic rings. The van der Waals surface area contributed by atoms with E-state index in [1.807, 2.05) is 0 Å². The van der Waals surface area contributed by atoms with Gasteiger partial charge in [-0.15, -0.1) is 11.8 Å². The number of rotatable bonds is 7. The number of nitrogens with two attached hydrogens (primary N) is 1. The second-order valence-electron chi connectivity index (χ2n) is 9.04. The maximum atomic E-state index is 13.0. The van der Waals surface area contributed by atoms with E-state index in [0.717, 1.165) is 31.0 Å². The molecule has 0 saturated carbocycles. The lowest BCUT2D eigenvalue weighted by Crippen LogP contribution is -2.62. The van der Waals surface area contributed by atoms with Crippen molar-refractivity contribution in [3.8, 4) is 0 Å². The molecule has 5 rings (SSSR count). The van der Waals surface area contributed by atoms with E-state index in [0.29, 0.717) is 18.5 Å². The first-order chi connectivity index (χ1) is 17.3. The van der Waals surface area contributed by atoms with Crippen LogP contribution in [0.15, 0.2) is 16.4 Å². The van der Waals surface area contributed by atoms with Crippen molar-refractivity contribution in [3.05, 3.63) is 17.1 Å². The minimum atomic E-state index is -1.27. The van der Waals surface area contributed by atoms with Crippen LogP contribution in [-0.2, 0) is 19.2 Å². The van der Waals surface area contributed by atoms with E-state index in [-0.39, 0.29) is 46.6 Å². The normalized spacial score (nSPS) is 29.6. The molecule has 0 bridgehead atoms. The first-order valence-corrected chi connectivity index (χ1v) is 13.2. The number of carbonyl (C=O) groups excluding carboxylic acids is 3. The summed E-state index contributed by atoms with van der Waals surface area (Å²) in [7, 11) is 0. The van der Waals surface area contributed by atoms with Crippen LogP contribution >= 0.6 is 23.3 Å². The van der Waals surface area contributed by atoms with Crippen molar-refractivity contribution in [2.24, 2.45) is 22.9 Å². The molecule has 1 unspecified atom stereocenters.